The fourth-order valence-corrected chi connectivity index (χ4v) is 0.672. The molecule has 0 aromatic rings. The highest BCUT2D eigenvalue weighted by atomic mass is 35.5. The van der Waals surface area contributed by atoms with Crippen LogP contribution in [-0.2, 0) is 14.3 Å². The van der Waals surface area contributed by atoms with Crippen LogP contribution in [0.2, 0.25) is 0 Å². The molecule has 0 radical (unpaired) electrons. The van der Waals surface area contributed by atoms with E-state index in [-0.39, 0.29) is 19.6 Å². The number of aliphatic hydroxyl groups is 1. The zero-order valence-corrected chi connectivity index (χ0v) is 8.00. The number of carbonyl (C=O) groups is 1. The van der Waals surface area contributed by atoms with E-state index in [0.29, 0.717) is 5.88 Å². The molecule has 0 saturated carbocycles. The summed E-state index contributed by atoms with van der Waals surface area (Å²) in [5.74, 6) is -0.187. The molecule has 0 heterocycles. The van der Waals surface area contributed by atoms with E-state index in [1.54, 1.807) is 0 Å². The molecule has 1 N–H and O–H groups in total. The Hall–Kier alpha value is -0.580. The Morgan fingerprint density at radius 1 is 1.62 bits per heavy atom. The summed E-state index contributed by atoms with van der Waals surface area (Å²) in [5, 5.41) is 9.07. The lowest BCUT2D eigenvalue weighted by Gasteiger charge is -2.10. The van der Waals surface area contributed by atoms with Gasteiger partial charge in [0.2, 0.25) is 0 Å². The second-order valence-corrected chi connectivity index (χ2v) is 2.55. The monoisotopic (exact) mass is 208 g/mol. The van der Waals surface area contributed by atoms with Gasteiger partial charge >= 0.3 is 5.97 Å². The predicted octanol–water partition coefficient (Wildman–Crippen LogP) is 0.679. The number of carbonyl (C=O) groups excluding carboxylic acids is 1. The number of esters is 1. The van der Waals surface area contributed by atoms with Gasteiger partial charge < -0.3 is 14.6 Å². The van der Waals surface area contributed by atoms with Crippen LogP contribution in [0.4, 0.5) is 0 Å². The predicted molar refractivity (Wildman–Crippen MR) is 48.5 cm³/mol. The van der Waals surface area contributed by atoms with Gasteiger partial charge in [-0.05, 0) is 0 Å². The highest BCUT2D eigenvalue weighted by Crippen LogP contribution is 1.95. The van der Waals surface area contributed by atoms with Crippen LogP contribution >= 0.6 is 11.6 Å². The van der Waals surface area contributed by atoms with Gasteiger partial charge in [-0.1, -0.05) is 6.58 Å². The number of rotatable bonds is 7. The van der Waals surface area contributed by atoms with Crippen molar-refractivity contribution in [1.82, 2.24) is 0 Å². The molecular formula is C8H13ClO4. The van der Waals surface area contributed by atoms with Crippen molar-refractivity contribution >= 4 is 17.6 Å². The Bertz CT molecular complexity index is 160. The molecule has 0 bridgehead atoms. The number of alkyl halides is 1. The maximum Gasteiger partial charge on any atom is 0.330 e. The molecule has 0 aliphatic rings. The molecule has 0 aliphatic heterocycles. The molecule has 0 rings (SSSR count). The highest BCUT2D eigenvalue weighted by Gasteiger charge is 2.04. The highest BCUT2D eigenvalue weighted by molar-refractivity contribution is 6.17. The molecule has 0 fully saturated rings. The molecule has 0 aliphatic carbocycles. The molecule has 1 unspecified atom stereocenters. The molecule has 5 heteroatoms. The third kappa shape index (κ3) is 7.77. The minimum atomic E-state index is -0.934. The molecule has 0 saturated heterocycles. The van der Waals surface area contributed by atoms with Crippen LogP contribution in [0.5, 0.6) is 0 Å². The molecule has 0 aromatic carbocycles. The van der Waals surface area contributed by atoms with Gasteiger partial charge in [0.15, 0.2) is 6.29 Å². The van der Waals surface area contributed by atoms with Crippen LogP contribution in [0.3, 0.4) is 0 Å². The quantitative estimate of drug-likeness (QED) is 0.289. The van der Waals surface area contributed by atoms with E-state index in [0.717, 1.165) is 6.08 Å². The van der Waals surface area contributed by atoms with Gasteiger partial charge in [-0.25, -0.2) is 4.79 Å². The molecular weight excluding hydrogens is 196 g/mol. The number of ether oxygens (including phenoxy) is 2. The van der Waals surface area contributed by atoms with Crippen LogP contribution in [0.15, 0.2) is 12.7 Å². The lowest BCUT2D eigenvalue weighted by molar-refractivity contribution is -0.143. The summed E-state index contributed by atoms with van der Waals surface area (Å²) in [4.78, 5) is 10.5. The summed E-state index contributed by atoms with van der Waals surface area (Å²) in [6.07, 6.45) is 0.360. The number of hydrogen-bond donors (Lipinski definition) is 1. The van der Waals surface area contributed by atoms with E-state index in [1.165, 1.54) is 0 Å². The molecule has 0 amide bonds. The van der Waals surface area contributed by atoms with E-state index < -0.39 is 12.3 Å². The van der Waals surface area contributed by atoms with E-state index in [1.807, 2.05) is 0 Å². The van der Waals surface area contributed by atoms with Crippen molar-refractivity contribution in [3.05, 3.63) is 12.7 Å². The first-order valence-corrected chi connectivity index (χ1v) is 4.39. The van der Waals surface area contributed by atoms with Crippen molar-refractivity contribution in [3.8, 4) is 0 Å². The molecule has 76 valence electrons. The van der Waals surface area contributed by atoms with Crippen LogP contribution < -0.4 is 0 Å². The van der Waals surface area contributed by atoms with Crippen molar-refractivity contribution in [2.75, 3.05) is 19.1 Å². The van der Waals surface area contributed by atoms with E-state index >= 15 is 0 Å². The Kier molecular flexibility index (Phi) is 7.68. The Balaban J connectivity index is 3.30. The first-order valence-electron chi connectivity index (χ1n) is 3.85. The minimum Gasteiger partial charge on any atom is -0.462 e. The zero-order valence-electron chi connectivity index (χ0n) is 7.24. The minimum absolute atomic E-state index is 0.105. The Morgan fingerprint density at radius 2 is 2.31 bits per heavy atom. The summed E-state index contributed by atoms with van der Waals surface area (Å²) in [5.41, 5.74) is 0. The summed E-state index contributed by atoms with van der Waals surface area (Å²) >= 11 is 5.32. The first-order chi connectivity index (χ1) is 6.20. The van der Waals surface area contributed by atoms with Crippen LogP contribution in [0.25, 0.3) is 0 Å². The number of hydrogen-bond acceptors (Lipinski definition) is 4. The van der Waals surface area contributed by atoms with E-state index in [4.69, 9.17) is 21.4 Å². The van der Waals surface area contributed by atoms with Gasteiger partial charge in [0.1, 0.15) is 0 Å². The molecule has 1 atom stereocenters. The third-order valence-electron chi connectivity index (χ3n) is 1.16. The maximum absolute atomic E-state index is 10.5. The zero-order chi connectivity index (χ0) is 10.1. The van der Waals surface area contributed by atoms with Gasteiger partial charge in [-0.15, -0.1) is 11.6 Å². The Morgan fingerprint density at radius 3 is 2.85 bits per heavy atom. The average Bonchev–Trinajstić information content (AvgIpc) is 2.14. The standard InChI is InChI=1S/C8H13ClO4/c1-2-7(10)12-5-3-8(11)13-6-4-9/h2,8,11H,1,3-6H2. The van der Waals surface area contributed by atoms with Crippen molar-refractivity contribution < 1.29 is 19.4 Å². The number of halogens is 1. The largest absolute Gasteiger partial charge is 0.462 e. The van der Waals surface area contributed by atoms with Crippen molar-refractivity contribution in [2.24, 2.45) is 0 Å². The first kappa shape index (κ1) is 12.4. The van der Waals surface area contributed by atoms with E-state index in [2.05, 4.69) is 11.3 Å². The molecule has 0 aromatic heterocycles. The third-order valence-corrected chi connectivity index (χ3v) is 1.32. The van der Waals surface area contributed by atoms with Gasteiger partial charge in [-0.2, -0.15) is 0 Å². The van der Waals surface area contributed by atoms with Gasteiger partial charge in [0, 0.05) is 18.4 Å². The van der Waals surface area contributed by atoms with Crippen LogP contribution in [-0.4, -0.2) is 36.5 Å². The molecule has 0 spiro atoms. The van der Waals surface area contributed by atoms with Crippen molar-refractivity contribution in [1.29, 1.82) is 0 Å². The van der Waals surface area contributed by atoms with E-state index in [9.17, 15) is 4.79 Å². The second kappa shape index (κ2) is 8.04. The summed E-state index contributed by atoms with van der Waals surface area (Å²) in [6.45, 7) is 3.60. The fourth-order valence-electron chi connectivity index (χ4n) is 0.583. The second-order valence-electron chi connectivity index (χ2n) is 2.17. The fraction of sp³-hybridized carbons (Fsp3) is 0.625. The summed E-state index contributed by atoms with van der Waals surface area (Å²) in [7, 11) is 0. The van der Waals surface area contributed by atoms with Gasteiger partial charge in [0.05, 0.1) is 13.2 Å². The number of aliphatic hydroxyl groups excluding tert-OH is 1. The summed E-state index contributed by atoms with van der Waals surface area (Å²) < 4.78 is 9.42. The van der Waals surface area contributed by atoms with Crippen molar-refractivity contribution in [3.63, 3.8) is 0 Å². The lowest BCUT2D eigenvalue weighted by Crippen LogP contribution is -2.17. The van der Waals surface area contributed by atoms with Crippen LogP contribution in [0.1, 0.15) is 6.42 Å². The maximum atomic E-state index is 10.5. The lowest BCUT2D eigenvalue weighted by atomic mass is 10.4. The smallest absolute Gasteiger partial charge is 0.330 e. The van der Waals surface area contributed by atoms with Gasteiger partial charge in [-0.3, -0.25) is 0 Å². The van der Waals surface area contributed by atoms with Crippen molar-refractivity contribution in [2.45, 2.75) is 12.7 Å². The normalized spacial score (nSPS) is 12.2. The van der Waals surface area contributed by atoms with Crippen LogP contribution in [0, 0.1) is 0 Å². The SMILES string of the molecule is C=CC(=O)OCCC(O)OCCCl. The molecule has 4 nitrogen and oxygen atoms in total. The average molecular weight is 209 g/mol. The van der Waals surface area contributed by atoms with Gasteiger partial charge in [0.25, 0.3) is 0 Å². The Labute approximate surface area is 82.1 Å². The summed E-state index contributed by atoms with van der Waals surface area (Å²) in [6, 6.07) is 0. The topological polar surface area (TPSA) is 55.8 Å². The molecule has 13 heavy (non-hydrogen) atoms.